The normalized spacial score (nSPS) is 15.1. The summed E-state index contributed by atoms with van der Waals surface area (Å²) in [7, 11) is 1.54. The minimum Gasteiger partial charge on any atom is -0.497 e. The van der Waals surface area contributed by atoms with E-state index in [0.717, 1.165) is 6.07 Å². The van der Waals surface area contributed by atoms with E-state index in [-0.39, 0.29) is 22.3 Å². The predicted octanol–water partition coefficient (Wildman–Crippen LogP) is 5.09. The zero-order valence-corrected chi connectivity index (χ0v) is 18.0. The molecule has 1 unspecified atom stereocenters. The molecular formula is C26H20FNO5. The Bertz CT molecular complexity index is 1430. The maximum atomic E-state index is 13.9. The van der Waals surface area contributed by atoms with E-state index in [0.29, 0.717) is 29.4 Å². The number of carbonyl (C=O) groups excluding carboxylic acids is 1. The number of methoxy groups -OCH3 is 1. The average Bonchev–Trinajstić information content (AvgIpc) is 3.13. The van der Waals surface area contributed by atoms with Gasteiger partial charge in [-0.1, -0.05) is 12.1 Å². The molecule has 0 bridgehead atoms. The Hall–Kier alpha value is -4.13. The van der Waals surface area contributed by atoms with Crippen LogP contribution < -0.4 is 19.8 Å². The van der Waals surface area contributed by atoms with Crippen LogP contribution in [0.5, 0.6) is 11.5 Å². The van der Waals surface area contributed by atoms with Gasteiger partial charge in [-0.3, -0.25) is 14.5 Å². The van der Waals surface area contributed by atoms with Crippen LogP contribution in [-0.4, -0.2) is 19.6 Å². The Morgan fingerprint density at radius 2 is 1.79 bits per heavy atom. The van der Waals surface area contributed by atoms with Crippen molar-refractivity contribution >= 4 is 22.6 Å². The van der Waals surface area contributed by atoms with Crippen molar-refractivity contribution in [3.63, 3.8) is 0 Å². The fraction of sp³-hybridized carbons (Fsp3) is 0.154. The van der Waals surface area contributed by atoms with Crippen LogP contribution >= 0.6 is 0 Å². The lowest BCUT2D eigenvalue weighted by molar-refractivity contribution is 0.0971. The molecule has 0 fully saturated rings. The number of rotatable bonds is 5. The number of benzene rings is 3. The molecule has 0 aliphatic carbocycles. The molecule has 0 radical (unpaired) electrons. The van der Waals surface area contributed by atoms with Crippen LogP contribution in [0.15, 0.2) is 75.9 Å². The first kappa shape index (κ1) is 20.8. The third-order valence-corrected chi connectivity index (χ3v) is 5.67. The van der Waals surface area contributed by atoms with Gasteiger partial charge in [0.1, 0.15) is 22.9 Å². The average molecular weight is 445 g/mol. The van der Waals surface area contributed by atoms with Crippen LogP contribution in [0, 0.1) is 5.82 Å². The second kappa shape index (κ2) is 8.09. The van der Waals surface area contributed by atoms with E-state index in [1.807, 2.05) is 13.0 Å². The quantitative estimate of drug-likeness (QED) is 0.428. The van der Waals surface area contributed by atoms with Crippen molar-refractivity contribution in [2.24, 2.45) is 0 Å². The van der Waals surface area contributed by atoms with E-state index >= 15 is 0 Å². The molecule has 1 amide bonds. The first-order valence-electron chi connectivity index (χ1n) is 10.5. The SMILES string of the molecule is CCOc1ccc(N2C(=O)c3oc4ccc(F)cc4c(=O)c3C2c2cccc(OC)c2)cc1. The molecule has 0 saturated heterocycles. The van der Waals surface area contributed by atoms with E-state index in [2.05, 4.69) is 0 Å². The minimum atomic E-state index is -0.774. The van der Waals surface area contributed by atoms with E-state index in [1.165, 1.54) is 17.0 Å². The first-order chi connectivity index (χ1) is 16.0. The zero-order valence-electron chi connectivity index (χ0n) is 18.0. The highest BCUT2D eigenvalue weighted by Gasteiger charge is 2.43. The number of fused-ring (bicyclic) bond motifs is 2. The highest BCUT2D eigenvalue weighted by atomic mass is 19.1. The monoisotopic (exact) mass is 445 g/mol. The van der Waals surface area contributed by atoms with Crippen LogP contribution in [0.25, 0.3) is 11.0 Å². The van der Waals surface area contributed by atoms with Gasteiger partial charge in [0.15, 0.2) is 5.43 Å². The van der Waals surface area contributed by atoms with Crippen molar-refractivity contribution in [1.29, 1.82) is 0 Å². The predicted molar refractivity (Wildman–Crippen MR) is 122 cm³/mol. The Balaban J connectivity index is 1.75. The van der Waals surface area contributed by atoms with Gasteiger partial charge in [0, 0.05) is 5.69 Å². The van der Waals surface area contributed by atoms with Gasteiger partial charge in [0.05, 0.1) is 30.7 Å². The topological polar surface area (TPSA) is 69.0 Å². The molecule has 1 aromatic heterocycles. The maximum absolute atomic E-state index is 13.9. The van der Waals surface area contributed by atoms with Gasteiger partial charge >= 0.3 is 0 Å². The summed E-state index contributed by atoms with van der Waals surface area (Å²) in [4.78, 5) is 28.6. The molecule has 1 aliphatic heterocycles. The fourth-order valence-electron chi connectivity index (χ4n) is 4.21. The van der Waals surface area contributed by atoms with Crippen LogP contribution in [0.4, 0.5) is 10.1 Å². The van der Waals surface area contributed by atoms with Gasteiger partial charge in [-0.15, -0.1) is 0 Å². The Kier molecular flexibility index (Phi) is 5.09. The van der Waals surface area contributed by atoms with Gasteiger partial charge < -0.3 is 13.9 Å². The summed E-state index contributed by atoms with van der Waals surface area (Å²) in [5.74, 6) is 0.182. The number of carbonyl (C=O) groups is 1. The molecule has 166 valence electrons. The van der Waals surface area contributed by atoms with Crippen molar-refractivity contribution in [2.45, 2.75) is 13.0 Å². The van der Waals surface area contributed by atoms with E-state index in [9.17, 15) is 14.0 Å². The molecule has 0 N–H and O–H groups in total. The highest BCUT2D eigenvalue weighted by molar-refractivity contribution is 6.10. The lowest BCUT2D eigenvalue weighted by Gasteiger charge is -2.25. The highest BCUT2D eigenvalue weighted by Crippen LogP contribution is 2.42. The van der Waals surface area contributed by atoms with Gasteiger partial charge in [0.2, 0.25) is 5.76 Å². The van der Waals surface area contributed by atoms with Crippen molar-refractivity contribution in [3.8, 4) is 11.5 Å². The molecule has 6 nitrogen and oxygen atoms in total. The number of hydrogen-bond acceptors (Lipinski definition) is 5. The number of anilines is 1. The van der Waals surface area contributed by atoms with Crippen molar-refractivity contribution in [1.82, 2.24) is 0 Å². The minimum absolute atomic E-state index is 0.0548. The molecule has 1 aliphatic rings. The summed E-state index contributed by atoms with van der Waals surface area (Å²) >= 11 is 0. The van der Waals surface area contributed by atoms with Crippen LogP contribution in [0.2, 0.25) is 0 Å². The lowest BCUT2D eigenvalue weighted by atomic mass is 9.98. The van der Waals surface area contributed by atoms with Gasteiger partial charge in [-0.25, -0.2) is 4.39 Å². The maximum Gasteiger partial charge on any atom is 0.295 e. The van der Waals surface area contributed by atoms with E-state index < -0.39 is 23.2 Å². The molecule has 33 heavy (non-hydrogen) atoms. The van der Waals surface area contributed by atoms with Crippen molar-refractivity contribution in [3.05, 3.63) is 99.7 Å². The molecule has 4 aromatic rings. The number of ether oxygens (including phenoxy) is 2. The molecule has 7 heteroatoms. The second-order valence-electron chi connectivity index (χ2n) is 7.60. The standard InChI is InChI=1S/C26H20FNO5/c1-3-32-18-10-8-17(9-11-18)28-23(15-5-4-6-19(13-15)31-2)22-24(29)20-14-16(27)7-12-21(20)33-25(22)26(28)30/h4-14,23H,3H2,1-2H3. The summed E-state index contributed by atoms with van der Waals surface area (Å²) in [6, 6.07) is 17.1. The zero-order chi connectivity index (χ0) is 23.1. The second-order valence-corrected chi connectivity index (χ2v) is 7.60. The lowest BCUT2D eigenvalue weighted by Crippen LogP contribution is -2.29. The molecule has 5 rings (SSSR count). The van der Waals surface area contributed by atoms with Crippen molar-refractivity contribution in [2.75, 3.05) is 18.6 Å². The number of halogens is 1. The largest absolute Gasteiger partial charge is 0.497 e. The van der Waals surface area contributed by atoms with E-state index in [4.69, 9.17) is 13.9 Å². The Labute approximate surface area is 188 Å². The third-order valence-electron chi connectivity index (χ3n) is 5.67. The van der Waals surface area contributed by atoms with Gasteiger partial charge in [0.25, 0.3) is 5.91 Å². The smallest absolute Gasteiger partial charge is 0.295 e. The van der Waals surface area contributed by atoms with Crippen LogP contribution in [-0.2, 0) is 0 Å². The summed E-state index contributed by atoms with van der Waals surface area (Å²) < 4.78 is 30.7. The number of hydrogen-bond donors (Lipinski definition) is 0. The number of nitrogens with zero attached hydrogens (tertiary/aromatic N) is 1. The molecule has 1 atom stereocenters. The number of amides is 1. The van der Waals surface area contributed by atoms with Crippen LogP contribution in [0.1, 0.15) is 34.6 Å². The summed E-state index contributed by atoms with van der Waals surface area (Å²) in [5.41, 5.74) is 1.11. The third kappa shape index (κ3) is 3.42. The summed E-state index contributed by atoms with van der Waals surface area (Å²) in [6.07, 6.45) is 0. The molecule has 2 heterocycles. The van der Waals surface area contributed by atoms with Crippen molar-refractivity contribution < 1.29 is 23.1 Å². The Morgan fingerprint density at radius 3 is 2.52 bits per heavy atom. The molecule has 0 saturated carbocycles. The molecule has 3 aromatic carbocycles. The van der Waals surface area contributed by atoms with Crippen LogP contribution in [0.3, 0.4) is 0 Å². The molecular weight excluding hydrogens is 425 g/mol. The first-order valence-corrected chi connectivity index (χ1v) is 10.5. The molecule has 0 spiro atoms. The summed E-state index contributed by atoms with van der Waals surface area (Å²) in [5, 5.41) is 0.0861. The van der Waals surface area contributed by atoms with Gasteiger partial charge in [-0.2, -0.15) is 0 Å². The van der Waals surface area contributed by atoms with E-state index in [1.54, 1.807) is 49.6 Å². The van der Waals surface area contributed by atoms with Gasteiger partial charge in [-0.05, 0) is 67.1 Å². The summed E-state index contributed by atoms with van der Waals surface area (Å²) in [6.45, 7) is 2.40. The fourth-order valence-corrected chi connectivity index (χ4v) is 4.21. The Morgan fingerprint density at radius 1 is 1.00 bits per heavy atom.